The number of anilines is 1. The van der Waals surface area contributed by atoms with Gasteiger partial charge in [0.05, 0.1) is 5.60 Å². The lowest BCUT2D eigenvalue weighted by Gasteiger charge is -2.38. The Balaban J connectivity index is 1.65. The minimum atomic E-state index is -0.852. The molecule has 116 valence electrons. The average molecular weight is 413 g/mol. The normalized spacial score (nSPS) is 17.5. The van der Waals surface area contributed by atoms with Gasteiger partial charge in [0.2, 0.25) is 0 Å². The van der Waals surface area contributed by atoms with Crippen LogP contribution in [0.5, 0.6) is 0 Å². The highest BCUT2D eigenvalue weighted by molar-refractivity contribution is 14.1. The fourth-order valence-corrected chi connectivity index (χ4v) is 3.09. The molecule has 2 aromatic rings. The number of hydrogen-bond acceptors (Lipinski definition) is 4. The van der Waals surface area contributed by atoms with Crippen molar-refractivity contribution in [3.8, 4) is 0 Å². The quantitative estimate of drug-likeness (QED) is 0.787. The molecule has 0 bridgehead atoms. The number of benzene rings is 1. The Morgan fingerprint density at radius 2 is 1.86 bits per heavy atom. The molecule has 0 aliphatic carbocycles. The van der Waals surface area contributed by atoms with Gasteiger partial charge in [-0.2, -0.15) is 0 Å². The number of rotatable bonds is 3. The Labute approximate surface area is 142 Å². The van der Waals surface area contributed by atoms with Crippen LogP contribution in [-0.4, -0.2) is 34.0 Å². The topological polar surface area (TPSA) is 49.2 Å². The second kappa shape index (κ2) is 6.45. The highest BCUT2D eigenvalue weighted by Crippen LogP contribution is 2.29. The summed E-state index contributed by atoms with van der Waals surface area (Å²) in [6.45, 7) is 1.39. The molecule has 1 N–H and O–H groups in total. The van der Waals surface area contributed by atoms with Crippen molar-refractivity contribution >= 4 is 28.4 Å². The molecule has 0 saturated carbocycles. The van der Waals surface area contributed by atoms with Crippen molar-refractivity contribution < 1.29 is 9.50 Å². The Hall–Kier alpha value is -1.28. The molecule has 1 aliphatic heterocycles. The molecule has 0 atom stereocenters. The van der Waals surface area contributed by atoms with Crippen molar-refractivity contribution in [3.63, 3.8) is 0 Å². The fourth-order valence-electron chi connectivity index (χ4n) is 2.80. The number of hydrogen-bond donors (Lipinski definition) is 1. The molecule has 0 radical (unpaired) electrons. The molecule has 1 aromatic heterocycles. The van der Waals surface area contributed by atoms with E-state index in [2.05, 4.69) is 37.7 Å². The predicted molar refractivity (Wildman–Crippen MR) is 91.2 cm³/mol. The number of nitrogens with zero attached hydrogens (tertiary/aromatic N) is 3. The summed E-state index contributed by atoms with van der Waals surface area (Å²) < 4.78 is 14.6. The van der Waals surface area contributed by atoms with Crippen LogP contribution in [0.1, 0.15) is 18.4 Å². The van der Waals surface area contributed by atoms with Crippen molar-refractivity contribution in [2.75, 3.05) is 18.0 Å². The minimum Gasteiger partial charge on any atom is -0.389 e. The van der Waals surface area contributed by atoms with E-state index in [4.69, 9.17) is 0 Å². The van der Waals surface area contributed by atoms with Crippen LogP contribution < -0.4 is 4.90 Å². The first-order valence-corrected chi connectivity index (χ1v) is 8.34. The Morgan fingerprint density at radius 3 is 2.50 bits per heavy atom. The molecule has 1 aromatic carbocycles. The summed E-state index contributed by atoms with van der Waals surface area (Å²) in [4.78, 5) is 2.11. The van der Waals surface area contributed by atoms with Gasteiger partial charge in [0, 0.05) is 19.5 Å². The molecule has 2 heterocycles. The van der Waals surface area contributed by atoms with Gasteiger partial charge in [-0.15, -0.1) is 10.2 Å². The lowest BCUT2D eigenvalue weighted by Crippen LogP contribution is -2.46. The van der Waals surface area contributed by atoms with Gasteiger partial charge in [-0.1, -0.05) is 18.2 Å². The third kappa shape index (κ3) is 3.55. The van der Waals surface area contributed by atoms with E-state index in [1.807, 2.05) is 12.1 Å². The summed E-state index contributed by atoms with van der Waals surface area (Å²) in [7, 11) is 0. The Kier molecular flexibility index (Phi) is 4.58. The molecule has 4 nitrogen and oxygen atoms in total. The monoisotopic (exact) mass is 413 g/mol. The number of aromatic nitrogens is 2. The summed E-state index contributed by atoms with van der Waals surface area (Å²) in [5.41, 5.74) is -0.275. The summed E-state index contributed by atoms with van der Waals surface area (Å²) >= 11 is 2.12. The van der Waals surface area contributed by atoms with Crippen LogP contribution in [0.15, 0.2) is 36.4 Å². The van der Waals surface area contributed by atoms with Gasteiger partial charge in [-0.3, -0.25) is 0 Å². The van der Waals surface area contributed by atoms with Crippen LogP contribution in [-0.2, 0) is 6.42 Å². The summed E-state index contributed by atoms with van der Waals surface area (Å²) in [5.74, 6) is 0.579. The largest absolute Gasteiger partial charge is 0.389 e. The first-order chi connectivity index (χ1) is 10.6. The van der Waals surface area contributed by atoms with E-state index in [9.17, 15) is 9.50 Å². The average Bonchev–Trinajstić information content (AvgIpc) is 2.51. The maximum atomic E-state index is 13.8. The Bertz CT molecular complexity index is 642. The zero-order valence-electron chi connectivity index (χ0n) is 12.0. The van der Waals surface area contributed by atoms with Gasteiger partial charge in [-0.05, 0) is 59.2 Å². The molecule has 1 aliphatic rings. The molecule has 0 spiro atoms. The van der Waals surface area contributed by atoms with Crippen molar-refractivity contribution in [3.05, 3.63) is 51.5 Å². The minimum absolute atomic E-state index is 0.248. The van der Waals surface area contributed by atoms with Gasteiger partial charge >= 0.3 is 0 Å². The van der Waals surface area contributed by atoms with Gasteiger partial charge in [0.25, 0.3) is 0 Å². The van der Waals surface area contributed by atoms with Gasteiger partial charge in [-0.25, -0.2) is 4.39 Å². The van der Waals surface area contributed by atoms with Gasteiger partial charge < -0.3 is 10.0 Å². The SMILES string of the molecule is OC1(Cc2ccccc2F)CCN(c2ccc(I)nn2)CC1. The van der Waals surface area contributed by atoms with E-state index in [-0.39, 0.29) is 5.82 Å². The van der Waals surface area contributed by atoms with Crippen LogP contribution in [0.4, 0.5) is 10.2 Å². The van der Waals surface area contributed by atoms with Gasteiger partial charge in [0.15, 0.2) is 5.82 Å². The highest BCUT2D eigenvalue weighted by Gasteiger charge is 2.33. The lowest BCUT2D eigenvalue weighted by molar-refractivity contribution is 0.0156. The smallest absolute Gasteiger partial charge is 0.151 e. The maximum Gasteiger partial charge on any atom is 0.151 e. The maximum absolute atomic E-state index is 13.8. The van der Waals surface area contributed by atoms with Crippen LogP contribution in [0.25, 0.3) is 0 Å². The zero-order chi connectivity index (χ0) is 15.6. The molecule has 3 rings (SSSR count). The lowest BCUT2D eigenvalue weighted by atomic mass is 9.85. The molecular weight excluding hydrogens is 396 g/mol. The van der Waals surface area contributed by atoms with E-state index in [0.29, 0.717) is 37.9 Å². The number of halogens is 2. The van der Waals surface area contributed by atoms with Crippen molar-refractivity contribution in [1.29, 1.82) is 0 Å². The summed E-state index contributed by atoms with van der Waals surface area (Å²) in [6.07, 6.45) is 1.54. The van der Waals surface area contributed by atoms with Crippen molar-refractivity contribution in [2.24, 2.45) is 0 Å². The fraction of sp³-hybridized carbons (Fsp3) is 0.375. The third-order valence-electron chi connectivity index (χ3n) is 4.11. The highest BCUT2D eigenvalue weighted by atomic mass is 127. The number of piperidine rings is 1. The molecule has 0 amide bonds. The molecule has 1 fully saturated rings. The van der Waals surface area contributed by atoms with Crippen LogP contribution in [0.3, 0.4) is 0 Å². The van der Waals surface area contributed by atoms with Crippen LogP contribution >= 0.6 is 22.6 Å². The Morgan fingerprint density at radius 1 is 1.14 bits per heavy atom. The standard InChI is InChI=1S/C16H17FIN3O/c17-13-4-2-1-3-12(13)11-16(22)7-9-21(10-8-16)15-6-5-14(18)19-20-15/h1-6,22H,7-11H2. The van der Waals surface area contributed by atoms with E-state index in [1.54, 1.807) is 18.2 Å². The molecule has 6 heteroatoms. The molecular formula is C16H17FIN3O. The van der Waals surface area contributed by atoms with Crippen LogP contribution in [0.2, 0.25) is 0 Å². The zero-order valence-corrected chi connectivity index (χ0v) is 14.2. The summed E-state index contributed by atoms with van der Waals surface area (Å²) in [5, 5.41) is 19.0. The van der Waals surface area contributed by atoms with Gasteiger partial charge in [0.1, 0.15) is 9.52 Å². The van der Waals surface area contributed by atoms with E-state index in [0.717, 1.165) is 9.52 Å². The second-order valence-corrected chi connectivity index (χ2v) is 6.80. The molecule has 1 saturated heterocycles. The first-order valence-electron chi connectivity index (χ1n) is 7.26. The van der Waals surface area contributed by atoms with Crippen molar-refractivity contribution in [1.82, 2.24) is 10.2 Å². The van der Waals surface area contributed by atoms with E-state index >= 15 is 0 Å². The molecule has 22 heavy (non-hydrogen) atoms. The molecule has 0 unspecified atom stereocenters. The van der Waals surface area contributed by atoms with E-state index in [1.165, 1.54) is 6.07 Å². The second-order valence-electron chi connectivity index (χ2n) is 5.69. The van der Waals surface area contributed by atoms with Crippen LogP contribution in [0, 0.1) is 9.52 Å². The van der Waals surface area contributed by atoms with E-state index < -0.39 is 5.60 Å². The third-order valence-corrected chi connectivity index (χ3v) is 4.69. The van der Waals surface area contributed by atoms with Crippen molar-refractivity contribution in [2.45, 2.75) is 24.9 Å². The predicted octanol–water partition coefficient (Wildman–Crippen LogP) is 2.79. The summed E-state index contributed by atoms with van der Waals surface area (Å²) in [6, 6.07) is 10.5. The number of aliphatic hydroxyl groups is 1. The first kappa shape index (κ1) is 15.6.